The van der Waals surface area contributed by atoms with Crippen molar-refractivity contribution in [3.05, 3.63) is 64.9 Å². The molecule has 0 aromatic heterocycles. The molecule has 0 spiro atoms. The Morgan fingerprint density at radius 3 is 2.57 bits per heavy atom. The number of hydrogen-bond donors (Lipinski definition) is 2. The molecule has 2 aromatic carbocycles. The highest BCUT2D eigenvalue weighted by Gasteiger charge is 2.03. The zero-order valence-corrected chi connectivity index (χ0v) is 13.0. The van der Waals surface area contributed by atoms with Crippen LogP contribution in [0.25, 0.3) is 0 Å². The van der Waals surface area contributed by atoms with Crippen LogP contribution in [0, 0.1) is 5.82 Å². The second kappa shape index (κ2) is 7.96. The number of rotatable bonds is 5. The van der Waals surface area contributed by atoms with Crippen molar-refractivity contribution in [2.45, 2.75) is 12.8 Å². The first kappa shape index (κ1) is 15.7. The minimum absolute atomic E-state index is 0.322. The molecule has 2 aromatic rings. The summed E-state index contributed by atoms with van der Waals surface area (Å²) in [6.07, 6.45) is 1.76. The first-order valence-electron chi connectivity index (χ1n) is 6.69. The Hall–Kier alpha value is -1.65. The molecule has 110 valence electrons. The first-order chi connectivity index (χ1) is 10.2. The van der Waals surface area contributed by atoms with Crippen LogP contribution in [0.2, 0.25) is 5.02 Å². The molecule has 2 rings (SSSR count). The molecule has 0 aliphatic rings. The lowest BCUT2D eigenvalue weighted by atomic mass is 10.1. The SMILES string of the molecule is Fc1ccccc1NC(=S)NCCCc1ccccc1Cl. The van der Waals surface area contributed by atoms with E-state index in [4.69, 9.17) is 23.8 Å². The highest BCUT2D eigenvalue weighted by Crippen LogP contribution is 2.16. The molecule has 0 radical (unpaired) electrons. The van der Waals surface area contributed by atoms with Crippen LogP contribution in [0.3, 0.4) is 0 Å². The van der Waals surface area contributed by atoms with Crippen molar-refractivity contribution in [1.29, 1.82) is 0 Å². The van der Waals surface area contributed by atoms with E-state index in [0.29, 0.717) is 17.3 Å². The minimum Gasteiger partial charge on any atom is -0.362 e. The fourth-order valence-corrected chi connectivity index (χ4v) is 2.35. The van der Waals surface area contributed by atoms with E-state index in [0.717, 1.165) is 23.4 Å². The van der Waals surface area contributed by atoms with Gasteiger partial charge in [-0.1, -0.05) is 41.9 Å². The summed E-state index contributed by atoms with van der Waals surface area (Å²) in [5.74, 6) is -0.322. The Labute approximate surface area is 134 Å². The number of benzene rings is 2. The van der Waals surface area contributed by atoms with Crippen molar-refractivity contribution >= 4 is 34.6 Å². The van der Waals surface area contributed by atoms with Crippen molar-refractivity contribution in [2.75, 3.05) is 11.9 Å². The fourth-order valence-electron chi connectivity index (χ4n) is 1.91. The predicted molar refractivity (Wildman–Crippen MR) is 90.4 cm³/mol. The van der Waals surface area contributed by atoms with Gasteiger partial charge in [0, 0.05) is 11.6 Å². The number of para-hydroxylation sites is 1. The number of anilines is 1. The van der Waals surface area contributed by atoms with E-state index in [1.165, 1.54) is 6.07 Å². The Morgan fingerprint density at radius 2 is 1.81 bits per heavy atom. The Morgan fingerprint density at radius 1 is 1.10 bits per heavy atom. The van der Waals surface area contributed by atoms with Crippen molar-refractivity contribution in [3.63, 3.8) is 0 Å². The van der Waals surface area contributed by atoms with Gasteiger partial charge in [0.25, 0.3) is 0 Å². The van der Waals surface area contributed by atoms with E-state index in [-0.39, 0.29) is 5.82 Å². The molecule has 0 aliphatic heterocycles. The molecule has 2 N–H and O–H groups in total. The second-order valence-corrected chi connectivity index (χ2v) is 5.37. The van der Waals surface area contributed by atoms with Crippen molar-refractivity contribution in [1.82, 2.24) is 5.32 Å². The van der Waals surface area contributed by atoms with Gasteiger partial charge in [-0.25, -0.2) is 4.39 Å². The molecule has 0 atom stereocenters. The lowest BCUT2D eigenvalue weighted by Gasteiger charge is -2.11. The molecule has 0 aliphatic carbocycles. The second-order valence-electron chi connectivity index (χ2n) is 4.56. The molecule has 0 saturated carbocycles. The van der Waals surface area contributed by atoms with E-state index < -0.39 is 0 Å². The molecule has 21 heavy (non-hydrogen) atoms. The summed E-state index contributed by atoms with van der Waals surface area (Å²) in [5.41, 5.74) is 1.50. The fraction of sp³-hybridized carbons (Fsp3) is 0.188. The van der Waals surface area contributed by atoms with Crippen LogP contribution in [0.15, 0.2) is 48.5 Å². The van der Waals surface area contributed by atoms with Gasteiger partial charge in [-0.05, 0) is 48.8 Å². The summed E-state index contributed by atoms with van der Waals surface area (Å²) in [4.78, 5) is 0. The monoisotopic (exact) mass is 322 g/mol. The van der Waals surface area contributed by atoms with Crippen LogP contribution in [-0.2, 0) is 6.42 Å². The molecule has 0 amide bonds. The summed E-state index contributed by atoms with van der Waals surface area (Å²) in [6.45, 7) is 0.700. The highest BCUT2D eigenvalue weighted by atomic mass is 35.5. The van der Waals surface area contributed by atoms with E-state index in [9.17, 15) is 4.39 Å². The summed E-state index contributed by atoms with van der Waals surface area (Å²) in [5, 5.41) is 7.10. The quantitative estimate of drug-likeness (QED) is 0.630. The summed E-state index contributed by atoms with van der Waals surface area (Å²) >= 11 is 11.2. The molecule has 5 heteroatoms. The van der Waals surface area contributed by atoms with Crippen LogP contribution >= 0.6 is 23.8 Å². The Kier molecular flexibility index (Phi) is 5.96. The number of hydrogen-bond acceptors (Lipinski definition) is 1. The molecule has 0 unspecified atom stereocenters. The standard InChI is InChI=1S/C16H16ClFN2S/c17-13-8-2-1-6-12(13)7-5-11-19-16(21)20-15-10-4-3-9-14(15)18/h1-4,6,8-10H,5,7,11H2,(H2,19,20,21). The van der Waals surface area contributed by atoms with Gasteiger partial charge >= 0.3 is 0 Å². The number of thiocarbonyl (C=S) groups is 1. The lowest BCUT2D eigenvalue weighted by molar-refractivity contribution is 0.632. The zero-order valence-electron chi connectivity index (χ0n) is 11.4. The normalized spacial score (nSPS) is 10.2. The average molecular weight is 323 g/mol. The van der Waals surface area contributed by atoms with Crippen LogP contribution in [0.1, 0.15) is 12.0 Å². The number of halogens is 2. The topological polar surface area (TPSA) is 24.1 Å². The van der Waals surface area contributed by atoms with Crippen LogP contribution in [-0.4, -0.2) is 11.7 Å². The van der Waals surface area contributed by atoms with Gasteiger partial charge in [0.1, 0.15) is 5.82 Å². The average Bonchev–Trinajstić information content (AvgIpc) is 2.48. The van der Waals surface area contributed by atoms with Crippen molar-refractivity contribution < 1.29 is 4.39 Å². The summed E-state index contributed by atoms with van der Waals surface area (Å²) < 4.78 is 13.4. The lowest BCUT2D eigenvalue weighted by Crippen LogP contribution is -2.29. The molecular weight excluding hydrogens is 307 g/mol. The molecule has 0 bridgehead atoms. The van der Waals surface area contributed by atoms with Gasteiger partial charge in [-0.2, -0.15) is 0 Å². The molecule has 2 nitrogen and oxygen atoms in total. The maximum atomic E-state index is 13.4. The molecule has 0 fully saturated rings. The third-order valence-electron chi connectivity index (χ3n) is 2.99. The largest absolute Gasteiger partial charge is 0.362 e. The third kappa shape index (κ3) is 4.99. The maximum absolute atomic E-state index is 13.4. The predicted octanol–water partition coefficient (Wildman–Crippen LogP) is 4.40. The van der Waals surface area contributed by atoms with Crippen molar-refractivity contribution in [3.8, 4) is 0 Å². The zero-order chi connectivity index (χ0) is 15.1. The van der Waals surface area contributed by atoms with Crippen LogP contribution in [0.5, 0.6) is 0 Å². The van der Waals surface area contributed by atoms with E-state index in [1.54, 1.807) is 18.2 Å². The summed E-state index contributed by atoms with van der Waals surface area (Å²) in [6, 6.07) is 14.2. The Bertz CT molecular complexity index is 619. The van der Waals surface area contributed by atoms with Gasteiger partial charge in [0.15, 0.2) is 5.11 Å². The van der Waals surface area contributed by atoms with Gasteiger partial charge in [-0.15, -0.1) is 0 Å². The minimum atomic E-state index is -0.322. The highest BCUT2D eigenvalue weighted by molar-refractivity contribution is 7.80. The van der Waals surface area contributed by atoms with E-state index in [1.807, 2.05) is 24.3 Å². The maximum Gasteiger partial charge on any atom is 0.170 e. The molecular formula is C16H16ClFN2S. The van der Waals surface area contributed by atoms with Gasteiger partial charge in [-0.3, -0.25) is 0 Å². The Balaban J connectivity index is 1.73. The summed E-state index contributed by atoms with van der Waals surface area (Å²) in [7, 11) is 0. The first-order valence-corrected chi connectivity index (χ1v) is 7.48. The van der Waals surface area contributed by atoms with Gasteiger partial charge < -0.3 is 10.6 Å². The van der Waals surface area contributed by atoms with E-state index >= 15 is 0 Å². The number of aryl methyl sites for hydroxylation is 1. The van der Waals surface area contributed by atoms with Crippen LogP contribution in [0.4, 0.5) is 10.1 Å². The smallest absolute Gasteiger partial charge is 0.170 e. The molecule has 0 heterocycles. The van der Waals surface area contributed by atoms with E-state index in [2.05, 4.69) is 10.6 Å². The van der Waals surface area contributed by atoms with Crippen LogP contribution < -0.4 is 10.6 Å². The van der Waals surface area contributed by atoms with Gasteiger partial charge in [0.05, 0.1) is 5.69 Å². The number of nitrogens with one attached hydrogen (secondary N) is 2. The van der Waals surface area contributed by atoms with Gasteiger partial charge in [0.2, 0.25) is 0 Å². The van der Waals surface area contributed by atoms with Crippen molar-refractivity contribution in [2.24, 2.45) is 0 Å². The molecule has 0 saturated heterocycles. The third-order valence-corrected chi connectivity index (χ3v) is 3.60.